The fraction of sp³-hybridized carbons (Fsp3) is 0.867. The van der Waals surface area contributed by atoms with Crippen LogP contribution >= 0.6 is 0 Å². The van der Waals surface area contributed by atoms with Crippen LogP contribution in [0.4, 0.5) is 0 Å². The maximum Gasteiger partial charge on any atom is 0.306 e. The number of carboxylic acids is 1. The first kappa shape index (κ1) is 15.3. The standard InChI is InChI=1S/C15H26N2O3/c1-17-8-2-3-13(10-17)14(18)16-9-11-4-6-12(7-5-11)15(19)20/h11-13H,2-10H2,1H3,(H,16,18)(H,19,20). The van der Waals surface area contributed by atoms with Crippen molar-refractivity contribution >= 4 is 11.9 Å². The highest BCUT2D eigenvalue weighted by Crippen LogP contribution is 2.28. The second-order valence-corrected chi connectivity index (χ2v) is 6.40. The summed E-state index contributed by atoms with van der Waals surface area (Å²) in [6, 6.07) is 0. The first-order valence-corrected chi connectivity index (χ1v) is 7.75. The summed E-state index contributed by atoms with van der Waals surface area (Å²) in [4.78, 5) is 25.2. The zero-order valence-electron chi connectivity index (χ0n) is 12.3. The molecule has 1 saturated heterocycles. The SMILES string of the molecule is CN1CCCC(C(=O)NCC2CCC(C(=O)O)CC2)C1. The van der Waals surface area contributed by atoms with Crippen molar-refractivity contribution in [2.45, 2.75) is 38.5 Å². The predicted molar refractivity (Wildman–Crippen MR) is 76.3 cm³/mol. The molecule has 2 N–H and O–H groups in total. The summed E-state index contributed by atoms with van der Waals surface area (Å²) in [5.74, 6) is -0.0800. The van der Waals surface area contributed by atoms with Gasteiger partial charge in [0.05, 0.1) is 11.8 Å². The summed E-state index contributed by atoms with van der Waals surface area (Å²) < 4.78 is 0. The second kappa shape index (κ2) is 7.07. The van der Waals surface area contributed by atoms with Gasteiger partial charge in [0.15, 0.2) is 0 Å². The molecule has 1 heterocycles. The van der Waals surface area contributed by atoms with Gasteiger partial charge in [-0.15, -0.1) is 0 Å². The minimum absolute atomic E-state index is 0.129. The lowest BCUT2D eigenvalue weighted by Crippen LogP contribution is -2.43. The molecule has 0 aromatic rings. The molecule has 1 saturated carbocycles. The Morgan fingerprint density at radius 3 is 2.45 bits per heavy atom. The van der Waals surface area contributed by atoms with Crippen LogP contribution in [-0.4, -0.2) is 48.6 Å². The summed E-state index contributed by atoms with van der Waals surface area (Å²) in [5.41, 5.74) is 0. The van der Waals surface area contributed by atoms with Gasteiger partial charge in [0, 0.05) is 13.1 Å². The molecule has 2 fully saturated rings. The Hall–Kier alpha value is -1.10. The summed E-state index contributed by atoms with van der Waals surface area (Å²) in [6.07, 6.45) is 5.42. The van der Waals surface area contributed by atoms with E-state index >= 15 is 0 Å². The van der Waals surface area contributed by atoms with Gasteiger partial charge in [-0.3, -0.25) is 9.59 Å². The van der Waals surface area contributed by atoms with Gasteiger partial charge in [0.2, 0.25) is 5.91 Å². The van der Waals surface area contributed by atoms with Gasteiger partial charge in [0.25, 0.3) is 0 Å². The molecule has 1 unspecified atom stereocenters. The lowest BCUT2D eigenvalue weighted by atomic mass is 9.82. The minimum atomic E-state index is -0.669. The van der Waals surface area contributed by atoms with Gasteiger partial charge in [-0.25, -0.2) is 0 Å². The molecule has 0 radical (unpaired) electrons. The van der Waals surface area contributed by atoms with E-state index in [1.807, 2.05) is 0 Å². The number of nitrogens with zero attached hydrogens (tertiary/aromatic N) is 1. The Morgan fingerprint density at radius 1 is 1.15 bits per heavy atom. The number of likely N-dealkylation sites (tertiary alicyclic amines) is 1. The van der Waals surface area contributed by atoms with E-state index < -0.39 is 5.97 Å². The van der Waals surface area contributed by atoms with E-state index in [9.17, 15) is 9.59 Å². The number of amides is 1. The van der Waals surface area contributed by atoms with E-state index in [-0.39, 0.29) is 17.7 Å². The smallest absolute Gasteiger partial charge is 0.306 e. The van der Waals surface area contributed by atoms with Crippen LogP contribution in [0.5, 0.6) is 0 Å². The van der Waals surface area contributed by atoms with Crippen molar-refractivity contribution in [3.63, 3.8) is 0 Å². The molecule has 0 aromatic heterocycles. The lowest BCUT2D eigenvalue weighted by molar-refractivity contribution is -0.143. The van der Waals surface area contributed by atoms with Gasteiger partial charge >= 0.3 is 5.97 Å². The molecule has 20 heavy (non-hydrogen) atoms. The summed E-state index contributed by atoms with van der Waals surface area (Å²) in [5, 5.41) is 12.0. The van der Waals surface area contributed by atoms with Gasteiger partial charge < -0.3 is 15.3 Å². The monoisotopic (exact) mass is 282 g/mol. The second-order valence-electron chi connectivity index (χ2n) is 6.40. The van der Waals surface area contributed by atoms with Crippen molar-refractivity contribution in [3.8, 4) is 0 Å². The third-order valence-corrected chi connectivity index (χ3v) is 4.76. The normalized spacial score (nSPS) is 31.8. The molecule has 1 aliphatic heterocycles. The number of hydrogen-bond donors (Lipinski definition) is 2. The van der Waals surface area contributed by atoms with Crippen LogP contribution in [0.25, 0.3) is 0 Å². The molecule has 5 nitrogen and oxygen atoms in total. The van der Waals surface area contributed by atoms with Gasteiger partial charge in [-0.1, -0.05) is 0 Å². The predicted octanol–water partition coefficient (Wildman–Crippen LogP) is 1.34. The van der Waals surface area contributed by atoms with Crippen LogP contribution in [0.3, 0.4) is 0 Å². The van der Waals surface area contributed by atoms with Crippen molar-refractivity contribution in [2.75, 3.05) is 26.7 Å². The zero-order chi connectivity index (χ0) is 14.5. The molecule has 1 amide bonds. The topological polar surface area (TPSA) is 69.6 Å². The fourth-order valence-corrected chi connectivity index (χ4v) is 3.38. The molecular weight excluding hydrogens is 256 g/mol. The van der Waals surface area contributed by atoms with E-state index in [1.54, 1.807) is 0 Å². The zero-order valence-corrected chi connectivity index (χ0v) is 12.3. The van der Waals surface area contributed by atoms with Crippen molar-refractivity contribution < 1.29 is 14.7 Å². The minimum Gasteiger partial charge on any atom is -0.481 e. The molecule has 1 aliphatic carbocycles. The van der Waals surface area contributed by atoms with Crippen LogP contribution in [0.2, 0.25) is 0 Å². The molecule has 0 aromatic carbocycles. The summed E-state index contributed by atoms with van der Waals surface area (Å²) >= 11 is 0. The average Bonchev–Trinajstić information content (AvgIpc) is 2.45. The van der Waals surface area contributed by atoms with Gasteiger partial charge in [-0.05, 0) is 58.0 Å². The summed E-state index contributed by atoms with van der Waals surface area (Å²) in [7, 11) is 2.06. The van der Waals surface area contributed by atoms with E-state index in [1.165, 1.54) is 0 Å². The van der Waals surface area contributed by atoms with E-state index in [0.717, 1.165) is 51.6 Å². The Labute approximate surface area is 120 Å². The van der Waals surface area contributed by atoms with Crippen LogP contribution in [0.15, 0.2) is 0 Å². The highest BCUT2D eigenvalue weighted by Gasteiger charge is 2.27. The molecule has 0 spiro atoms. The number of hydrogen-bond acceptors (Lipinski definition) is 3. The van der Waals surface area contributed by atoms with E-state index in [2.05, 4.69) is 17.3 Å². The fourth-order valence-electron chi connectivity index (χ4n) is 3.38. The third kappa shape index (κ3) is 4.20. The van der Waals surface area contributed by atoms with Crippen LogP contribution in [0.1, 0.15) is 38.5 Å². The van der Waals surface area contributed by atoms with Crippen molar-refractivity contribution in [2.24, 2.45) is 17.8 Å². The molecule has 0 bridgehead atoms. The van der Waals surface area contributed by atoms with Crippen LogP contribution in [0, 0.1) is 17.8 Å². The number of aliphatic carboxylic acids is 1. The van der Waals surface area contributed by atoms with Crippen LogP contribution < -0.4 is 5.32 Å². The maximum absolute atomic E-state index is 12.1. The van der Waals surface area contributed by atoms with E-state index in [4.69, 9.17) is 5.11 Å². The first-order valence-electron chi connectivity index (χ1n) is 7.75. The van der Waals surface area contributed by atoms with Gasteiger partial charge in [-0.2, -0.15) is 0 Å². The number of carboxylic acid groups (broad SMARTS) is 1. The highest BCUT2D eigenvalue weighted by atomic mass is 16.4. The van der Waals surface area contributed by atoms with Gasteiger partial charge in [0.1, 0.15) is 0 Å². The Kier molecular flexibility index (Phi) is 5.40. The maximum atomic E-state index is 12.1. The van der Waals surface area contributed by atoms with Crippen LogP contribution in [-0.2, 0) is 9.59 Å². The number of piperidine rings is 1. The third-order valence-electron chi connectivity index (χ3n) is 4.76. The highest BCUT2D eigenvalue weighted by molar-refractivity contribution is 5.79. The quantitative estimate of drug-likeness (QED) is 0.816. The first-order chi connectivity index (χ1) is 9.56. The Bertz CT molecular complexity index is 351. The summed E-state index contributed by atoms with van der Waals surface area (Å²) in [6.45, 7) is 2.66. The molecule has 1 atom stereocenters. The van der Waals surface area contributed by atoms with Crippen molar-refractivity contribution in [3.05, 3.63) is 0 Å². The number of rotatable bonds is 4. The molecular formula is C15H26N2O3. The number of nitrogens with one attached hydrogen (secondary N) is 1. The Balaban J connectivity index is 1.68. The lowest BCUT2D eigenvalue weighted by Gasteiger charge is -2.30. The molecule has 114 valence electrons. The van der Waals surface area contributed by atoms with Crippen molar-refractivity contribution in [1.29, 1.82) is 0 Å². The van der Waals surface area contributed by atoms with E-state index in [0.29, 0.717) is 12.5 Å². The van der Waals surface area contributed by atoms with Crippen molar-refractivity contribution in [1.82, 2.24) is 10.2 Å². The number of carbonyl (C=O) groups excluding carboxylic acids is 1. The largest absolute Gasteiger partial charge is 0.481 e. The molecule has 2 rings (SSSR count). The molecule has 2 aliphatic rings. The molecule has 5 heteroatoms. The Morgan fingerprint density at radius 2 is 1.85 bits per heavy atom. The average molecular weight is 282 g/mol. The number of carbonyl (C=O) groups is 2.